The molecule has 2 heterocycles. The van der Waals surface area contributed by atoms with Crippen LogP contribution in [0.1, 0.15) is 5.56 Å². The fourth-order valence-electron chi connectivity index (χ4n) is 3.73. The van der Waals surface area contributed by atoms with E-state index in [1.54, 1.807) is 4.90 Å². The van der Waals surface area contributed by atoms with Gasteiger partial charge in [-0.3, -0.25) is 4.90 Å². The standard InChI is InChI=1S/C19H29N3O5/c1-21(12-14-5-3-2-4-6-14)17-15(27-16(13-23)18(17)24)11-20-19(25)22-7-9-26-10-8-22/h2-6,15-18,23-24H,7-13H2,1H3,(H,20,25). The van der Waals surface area contributed by atoms with E-state index in [0.717, 1.165) is 5.56 Å². The zero-order valence-electron chi connectivity index (χ0n) is 15.7. The Labute approximate surface area is 159 Å². The van der Waals surface area contributed by atoms with Gasteiger partial charge in [-0.2, -0.15) is 0 Å². The summed E-state index contributed by atoms with van der Waals surface area (Å²) >= 11 is 0. The SMILES string of the molecule is CN(Cc1ccccc1)C1C(CNC(=O)N2CCOCC2)OC(CO)C1O. The van der Waals surface area contributed by atoms with E-state index in [1.807, 2.05) is 42.3 Å². The molecule has 2 amide bonds. The van der Waals surface area contributed by atoms with E-state index in [4.69, 9.17) is 9.47 Å². The maximum atomic E-state index is 12.3. The summed E-state index contributed by atoms with van der Waals surface area (Å²) in [5, 5.41) is 23.0. The van der Waals surface area contributed by atoms with Crippen molar-refractivity contribution in [3.63, 3.8) is 0 Å². The first kappa shape index (κ1) is 20.0. The molecule has 27 heavy (non-hydrogen) atoms. The molecule has 150 valence electrons. The zero-order chi connectivity index (χ0) is 19.2. The molecular formula is C19H29N3O5. The summed E-state index contributed by atoms with van der Waals surface area (Å²) in [7, 11) is 1.92. The number of nitrogens with one attached hydrogen (secondary N) is 1. The number of urea groups is 1. The molecule has 2 saturated heterocycles. The first-order valence-electron chi connectivity index (χ1n) is 9.39. The van der Waals surface area contributed by atoms with Crippen LogP contribution in [0.4, 0.5) is 4.79 Å². The van der Waals surface area contributed by atoms with Crippen LogP contribution in [0.15, 0.2) is 30.3 Å². The van der Waals surface area contributed by atoms with Gasteiger partial charge in [0.15, 0.2) is 0 Å². The van der Waals surface area contributed by atoms with Crippen molar-refractivity contribution in [2.45, 2.75) is 30.9 Å². The zero-order valence-corrected chi connectivity index (χ0v) is 15.7. The Bertz CT molecular complexity index is 596. The normalized spacial score (nSPS) is 28.5. The van der Waals surface area contributed by atoms with Gasteiger partial charge >= 0.3 is 6.03 Å². The molecule has 4 unspecified atom stereocenters. The highest BCUT2D eigenvalue weighted by molar-refractivity contribution is 5.74. The van der Waals surface area contributed by atoms with Gasteiger partial charge in [0.2, 0.25) is 0 Å². The molecular weight excluding hydrogens is 350 g/mol. The van der Waals surface area contributed by atoms with Crippen LogP contribution in [-0.2, 0) is 16.0 Å². The molecule has 1 aromatic carbocycles. The Morgan fingerprint density at radius 3 is 2.63 bits per heavy atom. The minimum Gasteiger partial charge on any atom is -0.394 e. The van der Waals surface area contributed by atoms with Crippen LogP contribution in [0.3, 0.4) is 0 Å². The van der Waals surface area contributed by atoms with Crippen LogP contribution in [0.25, 0.3) is 0 Å². The highest BCUT2D eigenvalue weighted by Gasteiger charge is 2.45. The fraction of sp³-hybridized carbons (Fsp3) is 0.632. The van der Waals surface area contributed by atoms with Gasteiger partial charge in [0.05, 0.1) is 32.0 Å². The van der Waals surface area contributed by atoms with Crippen molar-refractivity contribution in [3.05, 3.63) is 35.9 Å². The number of carbonyl (C=O) groups is 1. The Hall–Kier alpha value is -1.71. The van der Waals surface area contributed by atoms with Gasteiger partial charge in [-0.1, -0.05) is 30.3 Å². The van der Waals surface area contributed by atoms with E-state index in [-0.39, 0.29) is 25.2 Å². The first-order valence-corrected chi connectivity index (χ1v) is 9.39. The third-order valence-corrected chi connectivity index (χ3v) is 5.18. The lowest BCUT2D eigenvalue weighted by Gasteiger charge is -2.31. The summed E-state index contributed by atoms with van der Waals surface area (Å²) in [5.41, 5.74) is 1.12. The van der Waals surface area contributed by atoms with Crippen molar-refractivity contribution in [2.75, 3.05) is 46.5 Å². The number of aliphatic hydroxyl groups is 2. The van der Waals surface area contributed by atoms with E-state index in [1.165, 1.54) is 0 Å². The topological polar surface area (TPSA) is 94.5 Å². The minimum absolute atomic E-state index is 0.159. The summed E-state index contributed by atoms with van der Waals surface area (Å²) in [6.07, 6.45) is -1.89. The maximum absolute atomic E-state index is 12.3. The molecule has 0 aromatic heterocycles. The van der Waals surface area contributed by atoms with Crippen molar-refractivity contribution in [2.24, 2.45) is 0 Å². The number of hydrogen-bond acceptors (Lipinski definition) is 6. The monoisotopic (exact) mass is 379 g/mol. The van der Waals surface area contributed by atoms with Crippen LogP contribution >= 0.6 is 0 Å². The smallest absolute Gasteiger partial charge is 0.317 e. The molecule has 2 fully saturated rings. The van der Waals surface area contributed by atoms with Crippen LogP contribution in [-0.4, -0.2) is 96.9 Å². The van der Waals surface area contributed by atoms with Gasteiger partial charge in [-0.25, -0.2) is 4.79 Å². The van der Waals surface area contributed by atoms with E-state index in [2.05, 4.69) is 5.32 Å². The summed E-state index contributed by atoms with van der Waals surface area (Å²) in [6.45, 7) is 2.87. The molecule has 0 aliphatic carbocycles. The molecule has 3 N–H and O–H groups in total. The second kappa shape index (κ2) is 9.48. The highest BCUT2D eigenvalue weighted by atomic mass is 16.5. The van der Waals surface area contributed by atoms with E-state index in [9.17, 15) is 15.0 Å². The number of aliphatic hydroxyl groups excluding tert-OH is 2. The van der Waals surface area contributed by atoms with Gasteiger partial charge < -0.3 is 29.9 Å². The van der Waals surface area contributed by atoms with Gasteiger partial charge in [0.1, 0.15) is 12.2 Å². The number of likely N-dealkylation sites (N-methyl/N-ethyl adjacent to an activating group) is 1. The van der Waals surface area contributed by atoms with Gasteiger partial charge in [-0.05, 0) is 12.6 Å². The summed E-state index contributed by atoms with van der Waals surface area (Å²) < 4.78 is 11.1. The summed E-state index contributed by atoms with van der Waals surface area (Å²) in [4.78, 5) is 16.1. The van der Waals surface area contributed by atoms with Crippen LogP contribution in [0, 0.1) is 0 Å². The largest absolute Gasteiger partial charge is 0.394 e. The number of morpholine rings is 1. The van der Waals surface area contributed by atoms with Crippen LogP contribution in [0.2, 0.25) is 0 Å². The predicted molar refractivity (Wildman–Crippen MR) is 99.2 cm³/mol. The van der Waals surface area contributed by atoms with Gasteiger partial charge in [-0.15, -0.1) is 0 Å². The quantitative estimate of drug-likeness (QED) is 0.626. The maximum Gasteiger partial charge on any atom is 0.317 e. The highest BCUT2D eigenvalue weighted by Crippen LogP contribution is 2.26. The van der Waals surface area contributed by atoms with E-state index < -0.39 is 18.3 Å². The Kier molecular flexibility index (Phi) is 7.03. The lowest BCUT2D eigenvalue weighted by Crippen LogP contribution is -2.52. The molecule has 8 nitrogen and oxygen atoms in total. The van der Waals surface area contributed by atoms with Gasteiger partial charge in [0.25, 0.3) is 0 Å². The molecule has 0 bridgehead atoms. The number of hydrogen-bond donors (Lipinski definition) is 3. The third kappa shape index (κ3) is 4.97. The predicted octanol–water partition coefficient (Wildman–Crippen LogP) is -0.351. The van der Waals surface area contributed by atoms with Crippen molar-refractivity contribution in [1.82, 2.24) is 15.1 Å². The average Bonchev–Trinajstić information content (AvgIpc) is 3.03. The Morgan fingerprint density at radius 2 is 1.96 bits per heavy atom. The average molecular weight is 379 g/mol. The Morgan fingerprint density at radius 1 is 1.26 bits per heavy atom. The van der Waals surface area contributed by atoms with Crippen molar-refractivity contribution >= 4 is 6.03 Å². The molecule has 3 rings (SSSR count). The van der Waals surface area contributed by atoms with Gasteiger partial charge in [0, 0.05) is 26.2 Å². The number of amides is 2. The molecule has 2 aliphatic rings. The third-order valence-electron chi connectivity index (χ3n) is 5.18. The first-order chi connectivity index (χ1) is 13.1. The summed E-state index contributed by atoms with van der Waals surface area (Å²) in [6, 6.07) is 9.47. The van der Waals surface area contributed by atoms with Crippen LogP contribution < -0.4 is 5.32 Å². The van der Waals surface area contributed by atoms with E-state index in [0.29, 0.717) is 32.8 Å². The second-order valence-electron chi connectivity index (χ2n) is 7.06. The molecule has 0 saturated carbocycles. The minimum atomic E-state index is -0.825. The van der Waals surface area contributed by atoms with E-state index >= 15 is 0 Å². The van der Waals surface area contributed by atoms with Crippen molar-refractivity contribution < 1.29 is 24.5 Å². The molecule has 2 aliphatic heterocycles. The lowest BCUT2D eigenvalue weighted by molar-refractivity contribution is -0.0211. The number of rotatable bonds is 6. The lowest BCUT2D eigenvalue weighted by atomic mass is 10.0. The summed E-state index contributed by atoms with van der Waals surface area (Å²) in [5.74, 6) is 0. The number of ether oxygens (including phenoxy) is 2. The molecule has 0 spiro atoms. The fourth-order valence-corrected chi connectivity index (χ4v) is 3.73. The number of nitrogens with zero attached hydrogens (tertiary/aromatic N) is 2. The van der Waals surface area contributed by atoms with Crippen molar-refractivity contribution in [3.8, 4) is 0 Å². The Balaban J connectivity index is 1.61. The molecule has 1 aromatic rings. The van der Waals surface area contributed by atoms with Crippen LogP contribution in [0.5, 0.6) is 0 Å². The van der Waals surface area contributed by atoms with Crippen molar-refractivity contribution in [1.29, 1.82) is 0 Å². The number of benzene rings is 1. The number of carbonyl (C=O) groups excluding carboxylic acids is 1. The molecule has 8 heteroatoms. The molecule has 4 atom stereocenters. The second-order valence-corrected chi connectivity index (χ2v) is 7.06. The molecule has 0 radical (unpaired) electrons.